The summed E-state index contributed by atoms with van der Waals surface area (Å²) in [5.74, 6) is -0.921. The molecule has 6 heteroatoms. The molecule has 2 rings (SSSR count). The molecule has 0 aromatic carbocycles. The maximum absolute atomic E-state index is 11.8. The molecule has 0 aromatic rings. The molecular formula is C13H21NO5. The topological polar surface area (TPSA) is 76.1 Å². The molecule has 0 aliphatic carbocycles. The Kier molecular flexibility index (Phi) is 3.47. The molecule has 0 unspecified atom stereocenters. The highest BCUT2D eigenvalue weighted by molar-refractivity contribution is 5.73. The number of aliphatic carboxylic acids is 1. The highest BCUT2D eigenvalue weighted by Crippen LogP contribution is 2.37. The minimum Gasteiger partial charge on any atom is -0.479 e. The van der Waals surface area contributed by atoms with Crippen molar-refractivity contribution in [1.82, 2.24) is 4.90 Å². The Hall–Kier alpha value is -1.30. The highest BCUT2D eigenvalue weighted by Gasteiger charge is 2.51. The highest BCUT2D eigenvalue weighted by atomic mass is 16.6. The smallest absolute Gasteiger partial charge is 0.410 e. The van der Waals surface area contributed by atoms with Crippen molar-refractivity contribution in [2.24, 2.45) is 0 Å². The molecular weight excluding hydrogens is 250 g/mol. The van der Waals surface area contributed by atoms with Crippen LogP contribution in [0.1, 0.15) is 40.0 Å². The van der Waals surface area contributed by atoms with E-state index in [2.05, 4.69) is 0 Å². The van der Waals surface area contributed by atoms with Gasteiger partial charge < -0.3 is 19.5 Å². The molecule has 0 aromatic heterocycles. The van der Waals surface area contributed by atoms with Crippen LogP contribution < -0.4 is 0 Å². The number of carbonyl (C=O) groups excluding carboxylic acids is 1. The van der Waals surface area contributed by atoms with E-state index in [1.807, 2.05) is 20.8 Å². The number of carboxylic acid groups (broad SMARTS) is 1. The van der Waals surface area contributed by atoms with Gasteiger partial charge in [-0.3, -0.25) is 0 Å². The molecule has 1 spiro atoms. The van der Waals surface area contributed by atoms with Crippen molar-refractivity contribution in [3.8, 4) is 0 Å². The Morgan fingerprint density at radius 3 is 2.53 bits per heavy atom. The maximum Gasteiger partial charge on any atom is 0.410 e. The Balaban J connectivity index is 1.88. The largest absolute Gasteiger partial charge is 0.479 e. The number of likely N-dealkylation sites (tertiary alicyclic amines) is 1. The van der Waals surface area contributed by atoms with Gasteiger partial charge in [-0.25, -0.2) is 9.59 Å². The average Bonchev–Trinajstić information content (AvgIpc) is 2.23. The molecule has 0 bridgehead atoms. The Labute approximate surface area is 112 Å². The normalized spacial score (nSPS) is 25.8. The van der Waals surface area contributed by atoms with Crippen LogP contribution in [0.25, 0.3) is 0 Å². The van der Waals surface area contributed by atoms with Crippen LogP contribution in [0.2, 0.25) is 0 Å². The maximum atomic E-state index is 11.8. The van der Waals surface area contributed by atoms with Gasteiger partial charge in [0.2, 0.25) is 0 Å². The summed E-state index contributed by atoms with van der Waals surface area (Å²) >= 11 is 0. The second kappa shape index (κ2) is 4.67. The Morgan fingerprint density at radius 2 is 2.00 bits per heavy atom. The minimum atomic E-state index is -0.921. The molecule has 2 saturated heterocycles. The van der Waals surface area contributed by atoms with E-state index in [1.54, 1.807) is 4.90 Å². The van der Waals surface area contributed by atoms with E-state index in [0.717, 1.165) is 12.8 Å². The lowest BCUT2D eigenvalue weighted by Gasteiger charge is -2.52. The molecule has 108 valence electrons. The number of nitrogens with zero attached hydrogens (tertiary/aromatic N) is 1. The lowest BCUT2D eigenvalue weighted by molar-refractivity contribution is -0.205. The Bertz CT molecular complexity index is 381. The van der Waals surface area contributed by atoms with Crippen LogP contribution in [-0.4, -0.2) is 52.5 Å². The van der Waals surface area contributed by atoms with E-state index in [1.165, 1.54) is 0 Å². The zero-order valence-corrected chi connectivity index (χ0v) is 11.6. The summed E-state index contributed by atoms with van der Waals surface area (Å²) in [6.07, 6.45) is 1.06. The van der Waals surface area contributed by atoms with Crippen molar-refractivity contribution >= 4 is 12.1 Å². The molecule has 19 heavy (non-hydrogen) atoms. The first-order valence-electron chi connectivity index (χ1n) is 6.59. The summed E-state index contributed by atoms with van der Waals surface area (Å²) in [6.45, 7) is 6.30. The molecule has 2 fully saturated rings. The molecule has 1 amide bonds. The van der Waals surface area contributed by atoms with Crippen LogP contribution in [0.3, 0.4) is 0 Å². The van der Waals surface area contributed by atoms with E-state index in [-0.39, 0.29) is 6.09 Å². The van der Waals surface area contributed by atoms with Crippen molar-refractivity contribution in [3.05, 3.63) is 0 Å². The molecule has 2 aliphatic heterocycles. The van der Waals surface area contributed by atoms with E-state index >= 15 is 0 Å². The van der Waals surface area contributed by atoms with Gasteiger partial charge in [0.1, 0.15) is 11.2 Å². The predicted octanol–water partition coefficient (Wildman–Crippen LogP) is 1.63. The number of carbonyl (C=O) groups is 2. The number of ether oxygens (including phenoxy) is 2. The van der Waals surface area contributed by atoms with E-state index < -0.39 is 23.3 Å². The predicted molar refractivity (Wildman–Crippen MR) is 66.9 cm³/mol. The fourth-order valence-corrected chi connectivity index (χ4v) is 2.54. The molecule has 1 atom stereocenters. The fraction of sp³-hybridized carbons (Fsp3) is 0.846. The van der Waals surface area contributed by atoms with E-state index in [0.29, 0.717) is 19.5 Å². The summed E-state index contributed by atoms with van der Waals surface area (Å²) in [5, 5.41) is 8.99. The fourth-order valence-electron chi connectivity index (χ4n) is 2.54. The zero-order chi connectivity index (χ0) is 14.3. The first kappa shape index (κ1) is 14.1. The van der Waals surface area contributed by atoms with Crippen LogP contribution in [-0.2, 0) is 14.3 Å². The van der Waals surface area contributed by atoms with Crippen LogP contribution >= 0.6 is 0 Å². The monoisotopic (exact) mass is 271 g/mol. The first-order valence-corrected chi connectivity index (χ1v) is 6.59. The van der Waals surface area contributed by atoms with Crippen molar-refractivity contribution < 1.29 is 24.2 Å². The lowest BCUT2D eigenvalue weighted by Crippen LogP contribution is -2.67. The lowest BCUT2D eigenvalue weighted by atomic mass is 9.85. The van der Waals surface area contributed by atoms with Gasteiger partial charge in [0.25, 0.3) is 0 Å². The van der Waals surface area contributed by atoms with Crippen molar-refractivity contribution in [2.45, 2.75) is 57.3 Å². The number of hydrogen-bond donors (Lipinski definition) is 1. The van der Waals surface area contributed by atoms with Crippen LogP contribution in [0.5, 0.6) is 0 Å². The third kappa shape index (κ3) is 3.18. The standard InChI is InChI=1S/C13H21NO5/c1-12(2,3)19-11(17)14-7-13(8-14)6-4-5-9(18-13)10(15)16/h9H,4-8H2,1-3H3,(H,15,16)/t9-/m0/s1. The molecule has 1 N–H and O–H groups in total. The van der Waals surface area contributed by atoms with Gasteiger partial charge in [-0.1, -0.05) is 0 Å². The SMILES string of the molecule is CC(C)(C)OC(=O)N1CC2(CCC[C@@H](C(=O)O)O2)C1. The van der Waals surface area contributed by atoms with Gasteiger partial charge in [0.05, 0.1) is 13.1 Å². The number of carboxylic acids is 1. The van der Waals surface area contributed by atoms with Crippen molar-refractivity contribution in [1.29, 1.82) is 0 Å². The van der Waals surface area contributed by atoms with Gasteiger partial charge in [-0.05, 0) is 40.0 Å². The number of amides is 1. The van der Waals surface area contributed by atoms with Crippen LogP contribution in [0.15, 0.2) is 0 Å². The third-order valence-corrected chi connectivity index (χ3v) is 3.38. The van der Waals surface area contributed by atoms with Gasteiger partial charge in [0.15, 0.2) is 6.10 Å². The first-order chi connectivity index (χ1) is 8.71. The van der Waals surface area contributed by atoms with Gasteiger partial charge >= 0.3 is 12.1 Å². The van der Waals surface area contributed by atoms with Crippen molar-refractivity contribution in [2.75, 3.05) is 13.1 Å². The summed E-state index contributed by atoms with van der Waals surface area (Å²) in [5.41, 5.74) is -0.991. The second-order valence-electron chi connectivity index (χ2n) is 6.36. The van der Waals surface area contributed by atoms with Gasteiger partial charge in [-0.15, -0.1) is 0 Å². The van der Waals surface area contributed by atoms with Crippen molar-refractivity contribution in [3.63, 3.8) is 0 Å². The quantitative estimate of drug-likeness (QED) is 0.784. The molecule has 0 radical (unpaired) electrons. The second-order valence-corrected chi connectivity index (χ2v) is 6.36. The Morgan fingerprint density at radius 1 is 1.37 bits per heavy atom. The third-order valence-electron chi connectivity index (χ3n) is 3.38. The summed E-state index contributed by atoms with van der Waals surface area (Å²) in [4.78, 5) is 24.3. The van der Waals surface area contributed by atoms with Gasteiger partial charge in [0, 0.05) is 0 Å². The van der Waals surface area contributed by atoms with E-state index in [9.17, 15) is 9.59 Å². The summed E-state index contributed by atoms with van der Waals surface area (Å²) in [6, 6.07) is 0. The molecule has 6 nitrogen and oxygen atoms in total. The number of rotatable bonds is 1. The number of hydrogen-bond acceptors (Lipinski definition) is 4. The van der Waals surface area contributed by atoms with Gasteiger partial charge in [-0.2, -0.15) is 0 Å². The van der Waals surface area contributed by atoms with Crippen LogP contribution in [0, 0.1) is 0 Å². The summed E-state index contributed by atoms with van der Waals surface area (Å²) in [7, 11) is 0. The van der Waals surface area contributed by atoms with E-state index in [4.69, 9.17) is 14.6 Å². The zero-order valence-electron chi connectivity index (χ0n) is 11.6. The molecule has 2 heterocycles. The average molecular weight is 271 g/mol. The summed E-state index contributed by atoms with van der Waals surface area (Å²) < 4.78 is 10.9. The molecule has 0 saturated carbocycles. The van der Waals surface area contributed by atoms with Crippen LogP contribution in [0.4, 0.5) is 4.79 Å². The minimum absolute atomic E-state index is 0.362. The molecule has 2 aliphatic rings.